The van der Waals surface area contributed by atoms with Crippen molar-refractivity contribution in [3.8, 4) is 11.5 Å². The highest BCUT2D eigenvalue weighted by Crippen LogP contribution is 2.33. The molecule has 0 spiro atoms. The van der Waals surface area contributed by atoms with Gasteiger partial charge < -0.3 is 14.8 Å². The molecular weight excluding hydrogens is 506 g/mol. The van der Waals surface area contributed by atoms with Crippen LogP contribution in [0.1, 0.15) is 6.42 Å². The van der Waals surface area contributed by atoms with Crippen molar-refractivity contribution in [3.05, 3.63) is 72.8 Å². The van der Waals surface area contributed by atoms with Gasteiger partial charge in [0.05, 0.1) is 35.4 Å². The van der Waals surface area contributed by atoms with Crippen molar-refractivity contribution < 1.29 is 31.1 Å². The van der Waals surface area contributed by atoms with E-state index in [0.717, 1.165) is 4.31 Å². The van der Waals surface area contributed by atoms with E-state index < -0.39 is 26.0 Å². The molecular formula is C24H27N3O7S2. The second-order valence-corrected chi connectivity index (χ2v) is 11.3. The van der Waals surface area contributed by atoms with Crippen LogP contribution in [0.3, 0.4) is 0 Å². The lowest BCUT2D eigenvalue weighted by molar-refractivity contribution is -0.116. The number of carbonyl (C=O) groups is 1. The van der Waals surface area contributed by atoms with E-state index in [0.29, 0.717) is 11.4 Å². The average molecular weight is 534 g/mol. The number of hydrogen-bond acceptors (Lipinski definition) is 7. The van der Waals surface area contributed by atoms with Crippen molar-refractivity contribution in [1.29, 1.82) is 0 Å². The maximum absolute atomic E-state index is 13.1. The Labute approximate surface area is 211 Å². The number of sulfonamides is 2. The zero-order valence-corrected chi connectivity index (χ0v) is 21.6. The van der Waals surface area contributed by atoms with Crippen LogP contribution in [0.25, 0.3) is 0 Å². The number of methoxy groups -OCH3 is 2. The summed E-state index contributed by atoms with van der Waals surface area (Å²) in [6.07, 6.45) is -0.136. The molecule has 0 atom stereocenters. The fourth-order valence-corrected chi connectivity index (χ4v) is 5.58. The van der Waals surface area contributed by atoms with E-state index in [1.807, 2.05) is 0 Å². The number of para-hydroxylation sites is 2. The van der Waals surface area contributed by atoms with Gasteiger partial charge in [-0.2, -0.15) is 0 Å². The zero-order valence-electron chi connectivity index (χ0n) is 20.0. The molecule has 0 fully saturated rings. The maximum Gasteiger partial charge on any atom is 0.264 e. The number of carbonyl (C=O) groups excluding carboxylic acids is 1. The third-order valence-electron chi connectivity index (χ3n) is 5.23. The summed E-state index contributed by atoms with van der Waals surface area (Å²) in [5, 5.41) is 2.67. The van der Waals surface area contributed by atoms with Crippen molar-refractivity contribution in [2.45, 2.75) is 16.2 Å². The third-order valence-corrected chi connectivity index (χ3v) is 8.47. The Kier molecular flexibility index (Phi) is 8.56. The lowest BCUT2D eigenvalue weighted by Crippen LogP contribution is -2.29. The topological polar surface area (TPSA) is 131 Å². The van der Waals surface area contributed by atoms with Crippen LogP contribution in [-0.2, 0) is 24.8 Å². The number of nitrogens with one attached hydrogen (secondary N) is 2. The molecule has 0 aliphatic rings. The molecule has 10 nitrogen and oxygen atoms in total. The first-order chi connectivity index (χ1) is 17.1. The highest BCUT2D eigenvalue weighted by atomic mass is 32.2. The molecule has 0 bridgehead atoms. The van der Waals surface area contributed by atoms with Crippen LogP contribution in [0.15, 0.2) is 82.6 Å². The van der Waals surface area contributed by atoms with Crippen LogP contribution in [-0.4, -0.2) is 50.6 Å². The second-order valence-electron chi connectivity index (χ2n) is 7.52. The minimum absolute atomic E-state index is 0.0399. The molecule has 0 aromatic heterocycles. The molecule has 3 rings (SSSR count). The molecule has 0 aliphatic carbocycles. The van der Waals surface area contributed by atoms with Gasteiger partial charge in [-0.15, -0.1) is 0 Å². The summed E-state index contributed by atoms with van der Waals surface area (Å²) in [5.41, 5.74) is 0.508. The third kappa shape index (κ3) is 6.14. The number of rotatable bonds is 11. The van der Waals surface area contributed by atoms with Crippen LogP contribution in [0.5, 0.6) is 11.5 Å². The monoisotopic (exact) mass is 533 g/mol. The lowest BCUT2D eigenvalue weighted by atomic mass is 10.3. The summed E-state index contributed by atoms with van der Waals surface area (Å²) in [5.74, 6) is 0.241. The van der Waals surface area contributed by atoms with E-state index in [2.05, 4.69) is 10.0 Å². The SMILES string of the molecule is COc1ccccc1NC(=O)CCNS(=O)(=O)c1ccc(OC)c(N(C)S(=O)(=O)c2ccccc2)c1. The molecule has 3 aromatic rings. The number of nitrogens with zero attached hydrogens (tertiary/aromatic N) is 1. The first-order valence-corrected chi connectivity index (χ1v) is 13.7. The molecule has 0 aliphatic heterocycles. The van der Waals surface area contributed by atoms with E-state index >= 15 is 0 Å². The highest BCUT2D eigenvalue weighted by Gasteiger charge is 2.26. The molecule has 0 unspecified atom stereocenters. The molecule has 1 amide bonds. The summed E-state index contributed by atoms with van der Waals surface area (Å²) in [6.45, 7) is -0.178. The van der Waals surface area contributed by atoms with Gasteiger partial charge in [0.15, 0.2) is 0 Å². The summed E-state index contributed by atoms with van der Waals surface area (Å²) < 4.78 is 65.7. The summed E-state index contributed by atoms with van der Waals surface area (Å²) >= 11 is 0. The van der Waals surface area contributed by atoms with E-state index in [1.54, 1.807) is 42.5 Å². The van der Waals surface area contributed by atoms with Crippen molar-refractivity contribution in [3.63, 3.8) is 0 Å². The fourth-order valence-electron chi connectivity index (χ4n) is 3.31. The number of ether oxygens (including phenoxy) is 2. The van der Waals surface area contributed by atoms with Crippen LogP contribution in [0.2, 0.25) is 0 Å². The van der Waals surface area contributed by atoms with Gasteiger partial charge in [-0.1, -0.05) is 30.3 Å². The molecule has 0 saturated carbocycles. The van der Waals surface area contributed by atoms with Gasteiger partial charge in [-0.3, -0.25) is 9.10 Å². The Bertz CT molecular complexity index is 1430. The minimum atomic E-state index is -4.06. The maximum atomic E-state index is 13.1. The normalized spacial score (nSPS) is 11.5. The number of hydrogen-bond donors (Lipinski definition) is 2. The van der Waals surface area contributed by atoms with Gasteiger partial charge in [-0.25, -0.2) is 21.6 Å². The van der Waals surface area contributed by atoms with Crippen LogP contribution in [0.4, 0.5) is 11.4 Å². The second kappa shape index (κ2) is 11.4. The summed E-state index contributed by atoms with van der Waals surface area (Å²) in [4.78, 5) is 12.1. The molecule has 192 valence electrons. The predicted molar refractivity (Wildman–Crippen MR) is 136 cm³/mol. The molecule has 0 radical (unpaired) electrons. The summed E-state index contributed by atoms with van der Waals surface area (Å²) in [7, 11) is -3.90. The highest BCUT2D eigenvalue weighted by molar-refractivity contribution is 7.92. The van der Waals surface area contributed by atoms with E-state index in [9.17, 15) is 21.6 Å². The lowest BCUT2D eigenvalue weighted by Gasteiger charge is -2.22. The predicted octanol–water partition coefficient (Wildman–Crippen LogP) is 2.84. The largest absolute Gasteiger partial charge is 0.495 e. The molecule has 12 heteroatoms. The Balaban J connectivity index is 1.75. The molecule has 0 saturated heterocycles. The summed E-state index contributed by atoms with van der Waals surface area (Å²) in [6, 6.07) is 18.5. The average Bonchev–Trinajstić information content (AvgIpc) is 2.88. The molecule has 36 heavy (non-hydrogen) atoms. The van der Waals surface area contributed by atoms with E-state index in [4.69, 9.17) is 9.47 Å². The van der Waals surface area contributed by atoms with Crippen LogP contribution >= 0.6 is 0 Å². The number of amides is 1. The van der Waals surface area contributed by atoms with Gasteiger partial charge in [0.25, 0.3) is 10.0 Å². The first-order valence-electron chi connectivity index (χ1n) is 10.7. The van der Waals surface area contributed by atoms with Gasteiger partial charge in [-0.05, 0) is 42.5 Å². The standard InChI is InChI=1S/C24H27N3O7S2/c1-27(36(31,32)18-9-5-4-6-10-18)21-17-19(13-14-23(21)34-3)35(29,30)25-16-15-24(28)26-20-11-7-8-12-22(20)33-2/h4-14,17,25H,15-16H2,1-3H3,(H,26,28). The van der Waals surface area contributed by atoms with Gasteiger partial charge in [0.1, 0.15) is 11.5 Å². The van der Waals surface area contributed by atoms with Crippen LogP contribution in [0, 0.1) is 0 Å². The van der Waals surface area contributed by atoms with Gasteiger partial charge in [0.2, 0.25) is 15.9 Å². The Morgan fingerprint density at radius 3 is 2.14 bits per heavy atom. The zero-order chi connectivity index (χ0) is 26.3. The Morgan fingerprint density at radius 2 is 1.47 bits per heavy atom. The minimum Gasteiger partial charge on any atom is -0.495 e. The quantitative estimate of drug-likeness (QED) is 0.387. The Morgan fingerprint density at radius 1 is 0.833 bits per heavy atom. The van der Waals surface area contributed by atoms with Crippen molar-refractivity contribution in [1.82, 2.24) is 4.72 Å². The molecule has 0 heterocycles. The number of benzene rings is 3. The van der Waals surface area contributed by atoms with E-state index in [-0.39, 0.29) is 34.2 Å². The number of anilines is 2. The Hall–Kier alpha value is -3.61. The first kappa shape index (κ1) is 27.0. The van der Waals surface area contributed by atoms with Crippen molar-refractivity contribution in [2.75, 3.05) is 37.4 Å². The van der Waals surface area contributed by atoms with Gasteiger partial charge >= 0.3 is 0 Å². The van der Waals surface area contributed by atoms with Crippen molar-refractivity contribution >= 4 is 37.3 Å². The smallest absolute Gasteiger partial charge is 0.264 e. The molecule has 3 aromatic carbocycles. The fraction of sp³-hybridized carbons (Fsp3) is 0.208. The van der Waals surface area contributed by atoms with E-state index in [1.165, 1.54) is 51.6 Å². The van der Waals surface area contributed by atoms with Gasteiger partial charge in [0, 0.05) is 20.0 Å². The van der Waals surface area contributed by atoms with Crippen molar-refractivity contribution in [2.24, 2.45) is 0 Å². The molecule has 2 N–H and O–H groups in total. The van der Waals surface area contributed by atoms with Crippen LogP contribution < -0.4 is 23.8 Å².